The van der Waals surface area contributed by atoms with Gasteiger partial charge in [-0.2, -0.15) is 0 Å². The van der Waals surface area contributed by atoms with E-state index in [4.69, 9.17) is 0 Å². The summed E-state index contributed by atoms with van der Waals surface area (Å²) in [6.07, 6.45) is 0.756. The molecule has 1 heterocycles. The van der Waals surface area contributed by atoms with Crippen LogP contribution in [0.2, 0.25) is 0 Å². The van der Waals surface area contributed by atoms with Crippen LogP contribution >= 0.6 is 11.3 Å². The monoisotopic (exact) mass is 254 g/mol. The maximum atomic E-state index is 13.3. The first-order valence-corrected chi connectivity index (χ1v) is 6.13. The zero-order valence-corrected chi connectivity index (χ0v) is 10.2. The Morgan fingerprint density at radius 2 is 2.18 bits per heavy atom. The Bertz CT molecular complexity index is 511. The maximum Gasteiger partial charge on any atom is 0.181 e. The molecule has 0 saturated heterocycles. The van der Waals surface area contributed by atoms with Gasteiger partial charge in [-0.05, 0) is 19.1 Å². The Hall–Kier alpha value is -1.49. The van der Waals surface area contributed by atoms with Crippen molar-refractivity contribution in [1.82, 2.24) is 4.98 Å². The molecule has 5 heteroatoms. The number of aromatic nitrogens is 1. The zero-order chi connectivity index (χ0) is 12.3. The molecule has 1 aromatic heterocycles. The van der Waals surface area contributed by atoms with Gasteiger partial charge in [-0.15, -0.1) is 11.3 Å². The first kappa shape index (κ1) is 12.0. The number of nitrogens with zero attached hydrogens (tertiary/aromatic N) is 1. The van der Waals surface area contributed by atoms with Gasteiger partial charge in [0.1, 0.15) is 0 Å². The maximum absolute atomic E-state index is 13.3. The van der Waals surface area contributed by atoms with Gasteiger partial charge in [-0.25, -0.2) is 13.8 Å². The van der Waals surface area contributed by atoms with Crippen LogP contribution in [0.5, 0.6) is 0 Å². The number of benzene rings is 1. The van der Waals surface area contributed by atoms with Crippen molar-refractivity contribution in [3.8, 4) is 0 Å². The molecule has 0 unspecified atom stereocenters. The number of halogens is 2. The van der Waals surface area contributed by atoms with E-state index in [0.29, 0.717) is 6.54 Å². The molecule has 1 aromatic carbocycles. The van der Waals surface area contributed by atoms with E-state index in [2.05, 4.69) is 10.3 Å². The van der Waals surface area contributed by atoms with E-state index in [1.807, 2.05) is 6.92 Å². The molecule has 2 nitrogen and oxygen atoms in total. The van der Waals surface area contributed by atoms with Gasteiger partial charge in [-0.3, -0.25) is 0 Å². The van der Waals surface area contributed by atoms with Crippen LogP contribution in [0, 0.1) is 18.6 Å². The van der Waals surface area contributed by atoms with Crippen molar-refractivity contribution < 1.29 is 8.78 Å². The third kappa shape index (κ3) is 2.79. The summed E-state index contributed by atoms with van der Waals surface area (Å²) >= 11 is 1.57. The quantitative estimate of drug-likeness (QED) is 0.904. The highest BCUT2D eigenvalue weighted by Gasteiger charge is 2.07. The van der Waals surface area contributed by atoms with E-state index < -0.39 is 11.6 Å². The lowest BCUT2D eigenvalue weighted by atomic mass is 10.2. The average Bonchev–Trinajstić information content (AvgIpc) is 2.71. The number of hydrogen-bond acceptors (Lipinski definition) is 3. The summed E-state index contributed by atoms with van der Waals surface area (Å²) in [5.41, 5.74) is 2.98. The minimum Gasteiger partial charge on any atom is -0.382 e. The second-order valence-corrected chi connectivity index (χ2v) is 4.58. The highest BCUT2D eigenvalue weighted by Crippen LogP contribution is 2.17. The molecule has 2 aromatic rings. The molecule has 2 rings (SSSR count). The van der Waals surface area contributed by atoms with Crippen LogP contribution in [0.1, 0.15) is 10.6 Å². The van der Waals surface area contributed by atoms with E-state index >= 15 is 0 Å². The Balaban J connectivity index is 1.95. The number of nitrogens with one attached hydrogen (secondary N) is 1. The van der Waals surface area contributed by atoms with E-state index in [0.717, 1.165) is 23.1 Å². The fraction of sp³-hybridized carbons (Fsp3) is 0.250. The van der Waals surface area contributed by atoms with E-state index in [9.17, 15) is 8.78 Å². The number of hydrogen-bond donors (Lipinski definition) is 1. The van der Waals surface area contributed by atoms with Crippen molar-refractivity contribution in [3.63, 3.8) is 0 Å². The molecule has 0 aliphatic carbocycles. The van der Waals surface area contributed by atoms with E-state index in [1.165, 1.54) is 12.1 Å². The Kier molecular flexibility index (Phi) is 3.68. The molecule has 90 valence electrons. The molecule has 0 aliphatic heterocycles. The largest absolute Gasteiger partial charge is 0.382 e. The predicted molar refractivity (Wildman–Crippen MR) is 65.4 cm³/mol. The van der Waals surface area contributed by atoms with Crippen molar-refractivity contribution in [2.45, 2.75) is 13.3 Å². The fourth-order valence-electron chi connectivity index (χ4n) is 1.52. The third-order valence-corrected chi connectivity index (χ3v) is 3.46. The average molecular weight is 254 g/mol. The van der Waals surface area contributed by atoms with Crippen LogP contribution in [0.4, 0.5) is 14.5 Å². The van der Waals surface area contributed by atoms with Crippen LogP contribution in [0.15, 0.2) is 23.7 Å². The van der Waals surface area contributed by atoms with Crippen LogP contribution in [0.3, 0.4) is 0 Å². The molecule has 0 saturated carbocycles. The number of anilines is 1. The first-order valence-electron chi connectivity index (χ1n) is 5.25. The summed E-state index contributed by atoms with van der Waals surface area (Å²) in [7, 11) is 0. The lowest BCUT2D eigenvalue weighted by Gasteiger charge is -2.07. The van der Waals surface area contributed by atoms with Gasteiger partial charge in [0.15, 0.2) is 11.6 Å². The van der Waals surface area contributed by atoms with Crippen LogP contribution in [-0.4, -0.2) is 11.5 Å². The number of aryl methyl sites for hydroxylation is 1. The summed E-state index contributed by atoms with van der Waals surface area (Å²) in [5.74, 6) is -1.66. The van der Waals surface area contributed by atoms with Crippen molar-refractivity contribution >= 4 is 17.0 Å². The molecular formula is C12H12F2N2S. The molecule has 0 atom stereocenters. The van der Waals surface area contributed by atoms with Crippen LogP contribution in [0.25, 0.3) is 0 Å². The second-order valence-electron chi connectivity index (χ2n) is 3.64. The SMILES string of the molecule is Cc1ncsc1CCNc1cccc(F)c1F. The molecule has 0 aliphatic rings. The normalized spacial score (nSPS) is 10.5. The van der Waals surface area contributed by atoms with Gasteiger partial charge in [0.2, 0.25) is 0 Å². The van der Waals surface area contributed by atoms with Gasteiger partial charge < -0.3 is 5.32 Å². The second kappa shape index (κ2) is 5.23. The summed E-state index contributed by atoms with van der Waals surface area (Å²) in [6.45, 7) is 2.50. The van der Waals surface area contributed by atoms with Gasteiger partial charge >= 0.3 is 0 Å². The van der Waals surface area contributed by atoms with Crippen molar-refractivity contribution in [2.75, 3.05) is 11.9 Å². The molecule has 0 amide bonds. The lowest BCUT2D eigenvalue weighted by Crippen LogP contribution is -2.07. The predicted octanol–water partition coefficient (Wildman–Crippen LogP) is 3.38. The highest BCUT2D eigenvalue weighted by atomic mass is 32.1. The molecule has 1 N–H and O–H groups in total. The van der Waals surface area contributed by atoms with Gasteiger partial charge in [0.05, 0.1) is 16.9 Å². The van der Waals surface area contributed by atoms with Crippen molar-refractivity contribution in [2.24, 2.45) is 0 Å². The Labute approximate surface area is 102 Å². The zero-order valence-electron chi connectivity index (χ0n) is 9.34. The number of thiazole rings is 1. The lowest BCUT2D eigenvalue weighted by molar-refractivity contribution is 0.511. The standard InChI is InChI=1S/C12H12F2N2S/c1-8-11(17-7-16-8)5-6-15-10-4-2-3-9(13)12(10)14/h2-4,7,15H,5-6H2,1H3. The van der Waals surface area contributed by atoms with E-state index in [-0.39, 0.29) is 5.69 Å². The summed E-state index contributed by atoms with van der Waals surface area (Å²) in [5, 5.41) is 2.88. The van der Waals surface area contributed by atoms with Crippen LogP contribution < -0.4 is 5.32 Å². The molecule has 0 bridgehead atoms. The smallest absolute Gasteiger partial charge is 0.181 e. The van der Waals surface area contributed by atoms with Gasteiger partial charge in [0, 0.05) is 17.8 Å². The van der Waals surface area contributed by atoms with Crippen molar-refractivity contribution in [1.29, 1.82) is 0 Å². The minimum atomic E-state index is -0.830. The van der Waals surface area contributed by atoms with Gasteiger partial charge in [0.25, 0.3) is 0 Å². The molecule has 17 heavy (non-hydrogen) atoms. The number of rotatable bonds is 4. The first-order chi connectivity index (χ1) is 8.18. The minimum absolute atomic E-state index is 0.201. The Morgan fingerprint density at radius 3 is 2.88 bits per heavy atom. The molecular weight excluding hydrogens is 242 g/mol. The van der Waals surface area contributed by atoms with Crippen LogP contribution in [-0.2, 0) is 6.42 Å². The van der Waals surface area contributed by atoms with Gasteiger partial charge in [-0.1, -0.05) is 6.07 Å². The molecule has 0 fully saturated rings. The van der Waals surface area contributed by atoms with E-state index in [1.54, 1.807) is 16.8 Å². The van der Waals surface area contributed by atoms with Crippen molar-refractivity contribution in [3.05, 3.63) is 45.9 Å². The fourth-order valence-corrected chi connectivity index (χ4v) is 2.30. The topological polar surface area (TPSA) is 24.9 Å². The molecule has 0 radical (unpaired) electrons. The summed E-state index contributed by atoms with van der Waals surface area (Å²) < 4.78 is 26.2. The summed E-state index contributed by atoms with van der Waals surface area (Å²) in [4.78, 5) is 5.29. The Morgan fingerprint density at radius 1 is 1.35 bits per heavy atom. The summed E-state index contributed by atoms with van der Waals surface area (Å²) in [6, 6.07) is 4.12. The third-order valence-electron chi connectivity index (χ3n) is 2.46. The highest BCUT2D eigenvalue weighted by molar-refractivity contribution is 7.09. The molecule has 0 spiro atoms.